The van der Waals surface area contributed by atoms with Gasteiger partial charge < -0.3 is 5.32 Å². The Morgan fingerprint density at radius 2 is 2.27 bits per heavy atom. The van der Waals surface area contributed by atoms with Gasteiger partial charge in [0.2, 0.25) is 0 Å². The first kappa shape index (κ1) is 11.4. The zero-order valence-electron chi connectivity index (χ0n) is 9.11. The number of aromatic nitrogens is 1. The molecule has 1 saturated carbocycles. The smallest absolute Gasteiger partial charge is 0.106 e. The van der Waals surface area contributed by atoms with Crippen molar-refractivity contribution >= 4 is 23.1 Å². The fourth-order valence-electron chi connectivity index (χ4n) is 2.07. The van der Waals surface area contributed by atoms with Gasteiger partial charge in [-0.05, 0) is 31.9 Å². The van der Waals surface area contributed by atoms with E-state index in [-0.39, 0.29) is 0 Å². The molecule has 1 aliphatic carbocycles. The summed E-state index contributed by atoms with van der Waals surface area (Å²) in [7, 11) is 0. The molecule has 2 rings (SSSR count). The van der Waals surface area contributed by atoms with Gasteiger partial charge in [-0.3, -0.25) is 0 Å². The van der Waals surface area contributed by atoms with Gasteiger partial charge in [-0.2, -0.15) is 11.8 Å². The largest absolute Gasteiger partial charge is 0.308 e. The summed E-state index contributed by atoms with van der Waals surface area (Å²) in [6.45, 7) is 0.951. The van der Waals surface area contributed by atoms with E-state index < -0.39 is 0 Å². The molecule has 0 bridgehead atoms. The number of thiazole rings is 1. The zero-order valence-corrected chi connectivity index (χ0v) is 10.7. The molecule has 2 nitrogen and oxygen atoms in total. The number of rotatable bonds is 4. The molecule has 84 valence electrons. The Hall–Kier alpha value is -0.0600. The number of nitrogens with one attached hydrogen (secondary N) is 1. The molecule has 1 aromatic rings. The summed E-state index contributed by atoms with van der Waals surface area (Å²) in [5, 5.41) is 7.77. The highest BCUT2D eigenvalue weighted by Crippen LogP contribution is 2.26. The van der Waals surface area contributed by atoms with E-state index in [9.17, 15) is 0 Å². The Morgan fingerprint density at radius 1 is 1.47 bits per heavy atom. The normalized spacial score (nSPS) is 26.7. The number of thioether (sulfide) groups is 1. The first-order valence-corrected chi connectivity index (χ1v) is 7.70. The van der Waals surface area contributed by atoms with Crippen LogP contribution in [0.2, 0.25) is 0 Å². The van der Waals surface area contributed by atoms with E-state index in [4.69, 9.17) is 0 Å². The van der Waals surface area contributed by atoms with Crippen LogP contribution in [-0.4, -0.2) is 22.5 Å². The van der Waals surface area contributed by atoms with Crippen molar-refractivity contribution in [1.82, 2.24) is 10.3 Å². The molecule has 0 aromatic carbocycles. The highest BCUT2D eigenvalue weighted by molar-refractivity contribution is 7.99. The summed E-state index contributed by atoms with van der Waals surface area (Å²) < 4.78 is 0. The van der Waals surface area contributed by atoms with Crippen molar-refractivity contribution in [3.63, 3.8) is 0 Å². The Morgan fingerprint density at radius 3 is 2.87 bits per heavy atom. The van der Waals surface area contributed by atoms with E-state index in [1.807, 2.05) is 23.3 Å². The van der Waals surface area contributed by atoms with Gasteiger partial charge in [0.25, 0.3) is 0 Å². The van der Waals surface area contributed by atoms with Gasteiger partial charge in [0, 0.05) is 29.4 Å². The van der Waals surface area contributed by atoms with E-state index >= 15 is 0 Å². The number of hydrogen-bond donors (Lipinski definition) is 1. The maximum atomic E-state index is 4.28. The lowest BCUT2D eigenvalue weighted by Gasteiger charge is -2.27. The predicted octanol–water partition coefficient (Wildman–Crippen LogP) is 2.91. The van der Waals surface area contributed by atoms with E-state index in [1.54, 1.807) is 11.3 Å². The molecule has 1 heterocycles. The minimum absolute atomic E-state index is 0.720. The van der Waals surface area contributed by atoms with Gasteiger partial charge in [-0.25, -0.2) is 4.98 Å². The molecule has 0 radical (unpaired) electrons. The van der Waals surface area contributed by atoms with Crippen LogP contribution < -0.4 is 5.32 Å². The second-order valence-electron chi connectivity index (χ2n) is 4.02. The Bertz CT molecular complexity index is 266. The van der Waals surface area contributed by atoms with Crippen molar-refractivity contribution in [2.45, 2.75) is 43.5 Å². The second-order valence-corrected chi connectivity index (χ2v) is 6.13. The molecule has 0 amide bonds. The summed E-state index contributed by atoms with van der Waals surface area (Å²) in [5.41, 5.74) is 0. The number of hydrogen-bond acceptors (Lipinski definition) is 4. The first-order chi connectivity index (χ1) is 7.38. The van der Waals surface area contributed by atoms with Crippen LogP contribution in [0.1, 0.15) is 30.7 Å². The fourth-order valence-corrected chi connectivity index (χ4v) is 3.39. The van der Waals surface area contributed by atoms with Crippen LogP contribution in [0.5, 0.6) is 0 Å². The van der Waals surface area contributed by atoms with Crippen LogP contribution in [0.25, 0.3) is 0 Å². The van der Waals surface area contributed by atoms with Crippen LogP contribution in [-0.2, 0) is 6.54 Å². The van der Waals surface area contributed by atoms with Gasteiger partial charge in [-0.1, -0.05) is 0 Å². The van der Waals surface area contributed by atoms with Gasteiger partial charge >= 0.3 is 0 Å². The quantitative estimate of drug-likeness (QED) is 0.879. The van der Waals surface area contributed by atoms with E-state index in [2.05, 4.69) is 16.6 Å². The van der Waals surface area contributed by atoms with Gasteiger partial charge in [-0.15, -0.1) is 11.3 Å². The molecule has 0 atom stereocenters. The lowest BCUT2D eigenvalue weighted by molar-refractivity contribution is 0.378. The molecule has 4 heteroatoms. The van der Waals surface area contributed by atoms with Crippen molar-refractivity contribution in [1.29, 1.82) is 0 Å². The second kappa shape index (κ2) is 5.87. The minimum atomic E-state index is 0.720. The predicted molar refractivity (Wildman–Crippen MR) is 68.5 cm³/mol. The summed E-state index contributed by atoms with van der Waals surface area (Å²) in [5.74, 6) is 0. The van der Waals surface area contributed by atoms with E-state index in [0.29, 0.717) is 0 Å². The Kier molecular flexibility index (Phi) is 4.47. The molecule has 0 spiro atoms. The fraction of sp³-hybridized carbons (Fsp3) is 0.727. The molecule has 1 aliphatic rings. The van der Waals surface area contributed by atoms with Crippen molar-refractivity contribution in [3.8, 4) is 0 Å². The molecule has 1 aromatic heterocycles. The average Bonchev–Trinajstić information content (AvgIpc) is 2.80. The summed E-state index contributed by atoms with van der Waals surface area (Å²) >= 11 is 3.76. The van der Waals surface area contributed by atoms with Crippen LogP contribution in [0.15, 0.2) is 11.6 Å². The molecule has 0 saturated heterocycles. The van der Waals surface area contributed by atoms with Crippen molar-refractivity contribution in [2.24, 2.45) is 0 Å². The van der Waals surface area contributed by atoms with Gasteiger partial charge in [0.05, 0.1) is 0 Å². The van der Waals surface area contributed by atoms with Crippen LogP contribution in [0, 0.1) is 0 Å². The van der Waals surface area contributed by atoms with Crippen LogP contribution in [0.4, 0.5) is 0 Å². The van der Waals surface area contributed by atoms with Crippen molar-refractivity contribution in [3.05, 3.63) is 16.6 Å². The van der Waals surface area contributed by atoms with Gasteiger partial charge in [0.1, 0.15) is 5.01 Å². The van der Waals surface area contributed by atoms with E-state index in [1.165, 1.54) is 30.7 Å². The third-order valence-electron chi connectivity index (χ3n) is 3.03. The Balaban J connectivity index is 1.69. The van der Waals surface area contributed by atoms with Crippen molar-refractivity contribution in [2.75, 3.05) is 6.26 Å². The van der Waals surface area contributed by atoms with E-state index in [0.717, 1.165) is 17.8 Å². The molecule has 0 aliphatic heterocycles. The topological polar surface area (TPSA) is 24.9 Å². The summed E-state index contributed by atoms with van der Waals surface area (Å²) in [6, 6.07) is 0.720. The highest BCUT2D eigenvalue weighted by atomic mass is 32.2. The molecule has 1 N–H and O–H groups in total. The lowest BCUT2D eigenvalue weighted by Crippen LogP contribution is -2.33. The zero-order chi connectivity index (χ0) is 10.5. The first-order valence-electron chi connectivity index (χ1n) is 5.53. The maximum absolute atomic E-state index is 4.28. The molecule has 0 unspecified atom stereocenters. The molecular weight excluding hydrogens is 224 g/mol. The van der Waals surface area contributed by atoms with Crippen LogP contribution >= 0.6 is 23.1 Å². The maximum Gasteiger partial charge on any atom is 0.106 e. The van der Waals surface area contributed by atoms with Crippen molar-refractivity contribution < 1.29 is 0 Å². The summed E-state index contributed by atoms with van der Waals surface area (Å²) in [4.78, 5) is 4.28. The lowest BCUT2D eigenvalue weighted by atomic mass is 9.95. The Labute approximate surface area is 99.9 Å². The molecular formula is C11H18N2S2. The molecule has 15 heavy (non-hydrogen) atoms. The average molecular weight is 242 g/mol. The van der Waals surface area contributed by atoms with Crippen LogP contribution in [0.3, 0.4) is 0 Å². The molecule has 1 fully saturated rings. The standard InChI is InChI=1S/C11H18N2S2/c1-14-10-4-2-9(3-5-10)13-8-11-12-6-7-15-11/h6-7,9-10,13H,2-5,8H2,1H3. The highest BCUT2D eigenvalue weighted by Gasteiger charge is 2.19. The third kappa shape index (κ3) is 3.47. The number of nitrogens with zero attached hydrogens (tertiary/aromatic N) is 1. The van der Waals surface area contributed by atoms with Gasteiger partial charge in [0.15, 0.2) is 0 Å². The third-order valence-corrected chi connectivity index (χ3v) is 4.95. The SMILES string of the molecule is CSC1CCC(NCc2nccs2)CC1. The minimum Gasteiger partial charge on any atom is -0.308 e. The monoisotopic (exact) mass is 242 g/mol. The summed E-state index contributed by atoms with van der Waals surface area (Å²) in [6.07, 6.45) is 9.52.